The molecular formula is C30H32N4O4S. The monoisotopic (exact) mass is 544 g/mol. The van der Waals surface area contributed by atoms with Gasteiger partial charge in [-0.2, -0.15) is 0 Å². The van der Waals surface area contributed by atoms with Gasteiger partial charge in [-0.25, -0.2) is 4.98 Å². The fourth-order valence-corrected chi connectivity index (χ4v) is 6.66. The van der Waals surface area contributed by atoms with E-state index in [1.54, 1.807) is 22.8 Å². The van der Waals surface area contributed by atoms with Gasteiger partial charge in [0.1, 0.15) is 0 Å². The standard InChI is InChI=1S/C30H32N4O4S/c1-18-27(22-10-4-5-11-24(22)31-18)26(35)17-39-30-33-25-15-19(28(36)32-20-7-2-3-8-20)12-13-23(25)29(37)34(30)16-21-9-6-14-38-21/h4-5,10-13,15,20-21,31H,2-3,6-9,14,16-17H2,1H3,(H,32,36)/t21-/m1/s1. The van der Waals surface area contributed by atoms with Crippen LogP contribution in [-0.4, -0.2) is 50.7 Å². The number of benzene rings is 2. The fraction of sp³-hybridized carbons (Fsp3) is 0.400. The molecule has 0 radical (unpaired) electrons. The summed E-state index contributed by atoms with van der Waals surface area (Å²) >= 11 is 1.26. The molecule has 8 nitrogen and oxygen atoms in total. The number of carbonyl (C=O) groups is 2. The van der Waals surface area contributed by atoms with E-state index in [1.807, 2.05) is 31.2 Å². The van der Waals surface area contributed by atoms with Gasteiger partial charge < -0.3 is 15.0 Å². The maximum Gasteiger partial charge on any atom is 0.262 e. The molecule has 0 spiro atoms. The van der Waals surface area contributed by atoms with Crippen molar-refractivity contribution >= 4 is 45.3 Å². The van der Waals surface area contributed by atoms with Crippen LogP contribution in [-0.2, 0) is 11.3 Å². The van der Waals surface area contributed by atoms with Gasteiger partial charge in [0.15, 0.2) is 10.9 Å². The number of fused-ring (bicyclic) bond motifs is 2. The Morgan fingerprint density at radius 1 is 1.10 bits per heavy atom. The van der Waals surface area contributed by atoms with E-state index in [9.17, 15) is 14.4 Å². The number of hydrogen-bond acceptors (Lipinski definition) is 6. The maximum atomic E-state index is 13.7. The molecule has 202 valence electrons. The molecule has 2 fully saturated rings. The molecule has 39 heavy (non-hydrogen) atoms. The van der Waals surface area contributed by atoms with Crippen molar-refractivity contribution in [3.05, 3.63) is 69.6 Å². The highest BCUT2D eigenvalue weighted by atomic mass is 32.2. The Labute approximate surface area is 230 Å². The molecule has 1 saturated heterocycles. The van der Waals surface area contributed by atoms with Crippen LogP contribution in [0.15, 0.2) is 52.4 Å². The van der Waals surface area contributed by atoms with Crippen molar-refractivity contribution in [3.8, 4) is 0 Å². The van der Waals surface area contributed by atoms with E-state index >= 15 is 0 Å². The number of aryl methyl sites for hydroxylation is 1. The number of thioether (sulfide) groups is 1. The van der Waals surface area contributed by atoms with Crippen LogP contribution in [0.25, 0.3) is 21.8 Å². The van der Waals surface area contributed by atoms with Gasteiger partial charge in [0, 0.05) is 40.4 Å². The molecular weight excluding hydrogens is 512 g/mol. The van der Waals surface area contributed by atoms with E-state index in [1.165, 1.54) is 11.8 Å². The number of aromatic amines is 1. The number of para-hydroxylation sites is 1. The number of ether oxygens (including phenoxy) is 1. The lowest BCUT2D eigenvalue weighted by Crippen LogP contribution is -2.32. The van der Waals surface area contributed by atoms with Gasteiger partial charge in [-0.1, -0.05) is 42.8 Å². The summed E-state index contributed by atoms with van der Waals surface area (Å²) in [6, 6.07) is 13.0. The predicted molar refractivity (Wildman–Crippen MR) is 153 cm³/mol. The average molecular weight is 545 g/mol. The Morgan fingerprint density at radius 3 is 2.72 bits per heavy atom. The van der Waals surface area contributed by atoms with Gasteiger partial charge >= 0.3 is 0 Å². The van der Waals surface area contributed by atoms with E-state index in [0.29, 0.717) is 40.3 Å². The molecule has 2 aromatic carbocycles. The third-order valence-corrected chi connectivity index (χ3v) is 8.76. The highest BCUT2D eigenvalue weighted by molar-refractivity contribution is 7.99. The fourth-order valence-electron chi connectivity index (χ4n) is 5.78. The first kappa shape index (κ1) is 25.8. The van der Waals surface area contributed by atoms with Gasteiger partial charge in [-0.15, -0.1) is 0 Å². The summed E-state index contributed by atoms with van der Waals surface area (Å²) < 4.78 is 7.46. The second-order valence-electron chi connectivity index (χ2n) is 10.5. The zero-order valence-corrected chi connectivity index (χ0v) is 22.8. The molecule has 0 bridgehead atoms. The normalized spacial score (nSPS) is 17.8. The van der Waals surface area contributed by atoms with Crippen molar-refractivity contribution in [1.82, 2.24) is 19.9 Å². The molecule has 9 heteroatoms. The minimum atomic E-state index is -0.184. The van der Waals surface area contributed by atoms with E-state index in [-0.39, 0.29) is 35.1 Å². The number of hydrogen-bond donors (Lipinski definition) is 2. The Kier molecular flexibility index (Phi) is 7.27. The zero-order chi connectivity index (χ0) is 26.9. The Balaban J connectivity index is 1.32. The molecule has 4 aromatic rings. The first-order valence-electron chi connectivity index (χ1n) is 13.7. The van der Waals surface area contributed by atoms with Gasteiger partial charge in [-0.05, 0) is 56.9 Å². The van der Waals surface area contributed by atoms with E-state index in [4.69, 9.17) is 9.72 Å². The Hall–Kier alpha value is -3.43. The quantitative estimate of drug-likeness (QED) is 0.183. The number of amides is 1. The van der Waals surface area contributed by atoms with Crippen molar-refractivity contribution in [2.45, 2.75) is 69.3 Å². The number of H-pyrrole nitrogens is 1. The summed E-state index contributed by atoms with van der Waals surface area (Å²) in [4.78, 5) is 48.1. The average Bonchev–Trinajstić information content (AvgIpc) is 3.70. The highest BCUT2D eigenvalue weighted by Crippen LogP contribution is 2.27. The summed E-state index contributed by atoms with van der Waals surface area (Å²) in [5.41, 5.74) is 3.17. The highest BCUT2D eigenvalue weighted by Gasteiger charge is 2.23. The van der Waals surface area contributed by atoms with Crippen LogP contribution >= 0.6 is 11.8 Å². The second kappa shape index (κ2) is 11.0. The van der Waals surface area contributed by atoms with Crippen LogP contribution in [0.2, 0.25) is 0 Å². The SMILES string of the molecule is Cc1[nH]c2ccccc2c1C(=O)CSc1nc2cc(C(=O)NC3CCCC3)ccc2c(=O)n1C[C@H]1CCCO1. The number of nitrogens with one attached hydrogen (secondary N) is 2. The summed E-state index contributed by atoms with van der Waals surface area (Å²) in [5, 5.41) is 4.91. The molecule has 1 aliphatic heterocycles. The molecule has 2 aromatic heterocycles. The number of carbonyl (C=O) groups excluding carboxylic acids is 2. The van der Waals surface area contributed by atoms with Crippen molar-refractivity contribution in [1.29, 1.82) is 0 Å². The minimum absolute atomic E-state index is 0.0299. The second-order valence-corrected chi connectivity index (χ2v) is 11.5. The lowest BCUT2D eigenvalue weighted by molar-refractivity contribution is 0.0935. The summed E-state index contributed by atoms with van der Waals surface area (Å²) in [6.07, 6.45) is 6.03. The van der Waals surface area contributed by atoms with E-state index in [2.05, 4.69) is 10.3 Å². The number of nitrogens with zero attached hydrogens (tertiary/aromatic N) is 2. The third-order valence-electron chi connectivity index (χ3n) is 7.79. The van der Waals surface area contributed by atoms with Crippen LogP contribution in [0.5, 0.6) is 0 Å². The molecule has 2 N–H and O–H groups in total. The molecule has 2 aliphatic rings. The zero-order valence-electron chi connectivity index (χ0n) is 22.0. The van der Waals surface area contributed by atoms with Gasteiger partial charge in [-0.3, -0.25) is 19.0 Å². The number of aromatic nitrogens is 3. The van der Waals surface area contributed by atoms with Gasteiger partial charge in [0.2, 0.25) is 0 Å². The maximum absolute atomic E-state index is 13.7. The first-order chi connectivity index (χ1) is 19.0. The molecule has 6 rings (SSSR count). The summed E-state index contributed by atoms with van der Waals surface area (Å²) in [5.74, 6) is -0.0421. The topological polar surface area (TPSA) is 106 Å². The van der Waals surface area contributed by atoms with E-state index < -0.39 is 0 Å². The largest absolute Gasteiger partial charge is 0.376 e. The lowest BCUT2D eigenvalue weighted by Gasteiger charge is -2.17. The minimum Gasteiger partial charge on any atom is -0.376 e. The summed E-state index contributed by atoms with van der Waals surface area (Å²) in [6.45, 7) is 2.96. The molecule has 3 heterocycles. The molecule has 1 aliphatic carbocycles. The van der Waals surface area contributed by atoms with Crippen molar-refractivity contribution in [2.75, 3.05) is 12.4 Å². The van der Waals surface area contributed by atoms with Crippen molar-refractivity contribution in [3.63, 3.8) is 0 Å². The predicted octanol–water partition coefficient (Wildman–Crippen LogP) is 5.01. The van der Waals surface area contributed by atoms with Gasteiger partial charge in [0.25, 0.3) is 11.5 Å². The number of Topliss-reactive ketones (excluding diaryl/α,β-unsaturated/α-hetero) is 1. The van der Waals surface area contributed by atoms with Crippen molar-refractivity contribution < 1.29 is 14.3 Å². The Morgan fingerprint density at radius 2 is 1.92 bits per heavy atom. The van der Waals surface area contributed by atoms with Crippen LogP contribution < -0.4 is 10.9 Å². The molecule has 1 amide bonds. The van der Waals surface area contributed by atoms with Crippen LogP contribution in [0.1, 0.15) is 64.9 Å². The van der Waals surface area contributed by atoms with E-state index in [0.717, 1.165) is 55.1 Å². The molecule has 1 saturated carbocycles. The van der Waals surface area contributed by atoms with Crippen LogP contribution in [0, 0.1) is 6.92 Å². The van der Waals surface area contributed by atoms with Crippen LogP contribution in [0.4, 0.5) is 0 Å². The van der Waals surface area contributed by atoms with Crippen molar-refractivity contribution in [2.24, 2.45) is 0 Å². The number of rotatable bonds is 8. The lowest BCUT2D eigenvalue weighted by atomic mass is 10.1. The molecule has 1 atom stereocenters. The smallest absolute Gasteiger partial charge is 0.262 e. The van der Waals surface area contributed by atoms with Gasteiger partial charge in [0.05, 0.1) is 29.3 Å². The molecule has 0 unspecified atom stereocenters. The summed E-state index contributed by atoms with van der Waals surface area (Å²) in [7, 11) is 0. The third kappa shape index (κ3) is 5.25. The first-order valence-corrected chi connectivity index (χ1v) is 14.7. The van der Waals surface area contributed by atoms with Crippen LogP contribution in [0.3, 0.4) is 0 Å². The Bertz CT molecular complexity index is 1610. The number of ketones is 1.